The highest BCUT2D eigenvalue weighted by molar-refractivity contribution is 7.07. The second kappa shape index (κ2) is 9.84. The van der Waals surface area contributed by atoms with Crippen molar-refractivity contribution >= 4 is 29.6 Å². The molecule has 0 unspecified atom stereocenters. The van der Waals surface area contributed by atoms with Gasteiger partial charge in [-0.2, -0.15) is 5.10 Å². The quantitative estimate of drug-likeness (QED) is 0.505. The van der Waals surface area contributed by atoms with Gasteiger partial charge in [-0.1, -0.05) is 0 Å². The number of aromatic nitrogens is 3. The molecule has 2 aromatic heterocycles. The highest BCUT2D eigenvalue weighted by atomic mass is 32.1. The van der Waals surface area contributed by atoms with Crippen molar-refractivity contribution in [2.24, 2.45) is 5.41 Å². The van der Waals surface area contributed by atoms with Crippen LogP contribution < -0.4 is 5.32 Å². The molecule has 4 rings (SSSR count). The molecule has 2 fully saturated rings. The van der Waals surface area contributed by atoms with E-state index in [9.17, 15) is 9.59 Å². The van der Waals surface area contributed by atoms with Gasteiger partial charge in [-0.05, 0) is 31.7 Å². The Morgan fingerprint density at radius 2 is 2.23 bits per heavy atom. The molecule has 0 spiro atoms. The normalized spacial score (nSPS) is 24.2. The van der Waals surface area contributed by atoms with E-state index in [0.29, 0.717) is 13.0 Å². The van der Waals surface area contributed by atoms with Crippen LogP contribution in [-0.2, 0) is 27.3 Å². The topological polar surface area (TPSA) is 117 Å². The molecule has 2 bridgehead atoms. The number of amides is 2. The van der Waals surface area contributed by atoms with Crippen LogP contribution in [0.2, 0.25) is 0 Å². The summed E-state index contributed by atoms with van der Waals surface area (Å²) in [5.74, 6) is 0.142. The third kappa shape index (κ3) is 4.53. The van der Waals surface area contributed by atoms with Gasteiger partial charge in [0.1, 0.15) is 0 Å². The summed E-state index contributed by atoms with van der Waals surface area (Å²) in [6.07, 6.45) is 7.74. The van der Waals surface area contributed by atoms with Crippen LogP contribution in [0.5, 0.6) is 0 Å². The first-order valence-electron chi connectivity index (χ1n) is 10.0. The van der Waals surface area contributed by atoms with E-state index >= 15 is 0 Å². The molecule has 2 amide bonds. The smallest absolute Gasteiger partial charge is 0.290 e. The third-order valence-corrected chi connectivity index (χ3v) is 6.58. The average Bonchev–Trinajstić information content (AvgIpc) is 3.49. The molecule has 0 aromatic carbocycles. The number of carbonyl (C=O) groups is 3. The van der Waals surface area contributed by atoms with Crippen LogP contribution in [0, 0.1) is 5.41 Å². The molecule has 2 aliphatic rings. The number of hydrogen-bond acceptors (Lipinski definition) is 6. The van der Waals surface area contributed by atoms with E-state index in [1.54, 1.807) is 30.0 Å². The third-order valence-electron chi connectivity index (χ3n) is 5.94. The van der Waals surface area contributed by atoms with Crippen molar-refractivity contribution in [2.45, 2.75) is 57.7 Å². The molecule has 0 aliphatic carbocycles. The van der Waals surface area contributed by atoms with Gasteiger partial charge in [-0.15, -0.1) is 11.3 Å². The summed E-state index contributed by atoms with van der Waals surface area (Å²) in [5.41, 5.74) is 2.19. The number of nitrogens with zero attached hydrogens (tertiary/aromatic N) is 4. The Hall–Kier alpha value is -2.75. The maximum atomic E-state index is 13.3. The highest BCUT2D eigenvalue weighted by Gasteiger charge is 2.60. The van der Waals surface area contributed by atoms with E-state index in [2.05, 4.69) is 15.4 Å². The molecular weight excluding hydrogens is 406 g/mol. The van der Waals surface area contributed by atoms with Crippen molar-refractivity contribution in [1.82, 2.24) is 25.0 Å². The number of carboxylic acid groups (broad SMARTS) is 1. The molecule has 4 heterocycles. The standard InChI is InChI=1S/C19H25N5O2S.CH2O2/c1-14(25)24-16-4-5-17(24)19(11-16,10-15-12-27-13-21-15)18(26)20-6-2-8-23-9-3-7-22-23;2-1-3/h3,7,9,12-13,16-17H,2,4-6,8,10-11H2,1H3,(H,20,26);1H,(H,2,3)/t16-,17+,19+;/m1./s1. The number of carbonyl (C=O) groups excluding carboxylic acids is 2. The molecule has 0 saturated carbocycles. The fraction of sp³-hybridized carbons (Fsp3) is 0.550. The lowest BCUT2D eigenvalue weighted by Gasteiger charge is -2.35. The van der Waals surface area contributed by atoms with Crippen LogP contribution in [0.1, 0.15) is 38.3 Å². The molecule has 10 heteroatoms. The first-order valence-corrected chi connectivity index (χ1v) is 11.0. The summed E-state index contributed by atoms with van der Waals surface area (Å²) in [4.78, 5) is 40.2. The van der Waals surface area contributed by atoms with Gasteiger partial charge >= 0.3 is 0 Å². The van der Waals surface area contributed by atoms with E-state index in [1.165, 1.54) is 0 Å². The summed E-state index contributed by atoms with van der Waals surface area (Å²) in [7, 11) is 0. The lowest BCUT2D eigenvalue weighted by Crippen LogP contribution is -2.51. The molecular formula is C20H27N5O4S. The minimum absolute atomic E-state index is 0.0205. The van der Waals surface area contributed by atoms with E-state index in [1.807, 2.05) is 27.2 Å². The Kier molecular flexibility index (Phi) is 7.20. The summed E-state index contributed by atoms with van der Waals surface area (Å²) in [6.45, 7) is 2.75. The molecule has 2 aromatic rings. The maximum absolute atomic E-state index is 13.3. The summed E-state index contributed by atoms with van der Waals surface area (Å²) < 4.78 is 1.87. The van der Waals surface area contributed by atoms with Gasteiger partial charge in [0.2, 0.25) is 11.8 Å². The highest BCUT2D eigenvalue weighted by Crippen LogP contribution is 2.51. The SMILES string of the molecule is CC(=O)N1[C@@H]2CC[C@H]1[C@@](Cc1cscn1)(C(=O)NCCCn1cccn1)C2.O=CO. The van der Waals surface area contributed by atoms with Crippen molar-refractivity contribution in [3.63, 3.8) is 0 Å². The van der Waals surface area contributed by atoms with Crippen LogP contribution in [0.15, 0.2) is 29.4 Å². The predicted octanol–water partition coefficient (Wildman–Crippen LogP) is 1.56. The predicted molar refractivity (Wildman–Crippen MR) is 111 cm³/mol. The second-order valence-corrected chi connectivity index (χ2v) is 8.39. The number of nitrogens with one attached hydrogen (secondary N) is 1. The number of rotatable bonds is 7. The second-order valence-electron chi connectivity index (χ2n) is 7.67. The molecule has 30 heavy (non-hydrogen) atoms. The average molecular weight is 434 g/mol. The monoisotopic (exact) mass is 433 g/mol. The van der Waals surface area contributed by atoms with E-state index in [0.717, 1.165) is 37.9 Å². The van der Waals surface area contributed by atoms with Gasteiger partial charge < -0.3 is 15.3 Å². The number of thiazole rings is 1. The zero-order chi connectivity index (χ0) is 21.6. The zero-order valence-corrected chi connectivity index (χ0v) is 17.8. The fourth-order valence-electron chi connectivity index (χ4n) is 4.87. The van der Waals surface area contributed by atoms with E-state index < -0.39 is 5.41 Å². The minimum atomic E-state index is -0.561. The van der Waals surface area contributed by atoms with Crippen LogP contribution in [0.4, 0.5) is 0 Å². The number of hydrogen-bond donors (Lipinski definition) is 2. The zero-order valence-electron chi connectivity index (χ0n) is 16.9. The van der Waals surface area contributed by atoms with Crippen LogP contribution >= 0.6 is 11.3 Å². The first kappa shape index (κ1) is 21.9. The molecule has 2 saturated heterocycles. The maximum Gasteiger partial charge on any atom is 0.290 e. The lowest BCUT2D eigenvalue weighted by molar-refractivity contribution is -0.135. The van der Waals surface area contributed by atoms with Crippen molar-refractivity contribution in [1.29, 1.82) is 0 Å². The molecule has 2 aliphatic heterocycles. The number of aryl methyl sites for hydroxylation is 1. The van der Waals surface area contributed by atoms with Crippen LogP contribution in [-0.4, -0.2) is 61.7 Å². The van der Waals surface area contributed by atoms with Crippen molar-refractivity contribution in [2.75, 3.05) is 6.54 Å². The Morgan fingerprint density at radius 1 is 1.43 bits per heavy atom. The van der Waals surface area contributed by atoms with E-state index in [4.69, 9.17) is 9.90 Å². The Balaban J connectivity index is 0.000000806. The largest absolute Gasteiger partial charge is 0.483 e. The molecule has 0 radical (unpaired) electrons. The Morgan fingerprint density at radius 3 is 2.83 bits per heavy atom. The van der Waals surface area contributed by atoms with E-state index in [-0.39, 0.29) is 30.4 Å². The molecule has 2 N–H and O–H groups in total. The minimum Gasteiger partial charge on any atom is -0.483 e. The summed E-state index contributed by atoms with van der Waals surface area (Å²) in [5, 5.41) is 16.2. The molecule has 3 atom stereocenters. The van der Waals surface area contributed by atoms with Gasteiger partial charge in [0.15, 0.2) is 0 Å². The molecule has 9 nitrogen and oxygen atoms in total. The molecule has 162 valence electrons. The summed E-state index contributed by atoms with van der Waals surface area (Å²) in [6, 6.07) is 2.06. The van der Waals surface area contributed by atoms with Gasteiger partial charge in [0.05, 0.1) is 16.6 Å². The lowest BCUT2D eigenvalue weighted by atomic mass is 9.70. The van der Waals surface area contributed by atoms with Crippen LogP contribution in [0.3, 0.4) is 0 Å². The van der Waals surface area contributed by atoms with Crippen molar-refractivity contribution in [3.05, 3.63) is 35.0 Å². The van der Waals surface area contributed by atoms with Crippen molar-refractivity contribution in [3.8, 4) is 0 Å². The number of fused-ring (bicyclic) bond motifs is 2. The van der Waals surface area contributed by atoms with Gasteiger partial charge in [0.25, 0.3) is 6.47 Å². The van der Waals surface area contributed by atoms with Crippen LogP contribution in [0.25, 0.3) is 0 Å². The summed E-state index contributed by atoms with van der Waals surface area (Å²) >= 11 is 1.55. The van der Waals surface area contributed by atoms with Gasteiger partial charge in [-0.3, -0.25) is 19.1 Å². The van der Waals surface area contributed by atoms with Crippen molar-refractivity contribution < 1.29 is 19.5 Å². The van der Waals surface area contributed by atoms with Gasteiger partial charge in [0, 0.05) is 56.3 Å². The Bertz CT molecular complexity index is 842. The Labute approximate surface area is 179 Å². The fourth-order valence-corrected chi connectivity index (χ4v) is 5.43. The van der Waals surface area contributed by atoms with Gasteiger partial charge in [-0.25, -0.2) is 4.98 Å². The first-order chi connectivity index (χ1) is 14.5.